The van der Waals surface area contributed by atoms with Gasteiger partial charge in [0.1, 0.15) is 0 Å². The summed E-state index contributed by atoms with van der Waals surface area (Å²) in [5.41, 5.74) is 7.62. The molecule has 3 heteroatoms. The highest BCUT2D eigenvalue weighted by Crippen LogP contribution is 2.41. The molecule has 0 bridgehead atoms. The number of benzene rings is 1. The Morgan fingerprint density at radius 1 is 1.33 bits per heavy atom. The van der Waals surface area contributed by atoms with E-state index < -0.39 is 0 Å². The number of hydrogen-bond acceptors (Lipinski definition) is 2. The lowest BCUT2D eigenvalue weighted by molar-refractivity contribution is 0.0704. The standard InChI is InChI=1S/C15H23ClN2/c1-12(13-4-6-14(16)7-5-13)18(2)11-15(10-17)8-3-9-15/h4-7,12H,3,8-11,17H2,1-2H3. The van der Waals surface area contributed by atoms with Crippen molar-refractivity contribution >= 4 is 11.6 Å². The van der Waals surface area contributed by atoms with Crippen molar-refractivity contribution in [1.29, 1.82) is 0 Å². The van der Waals surface area contributed by atoms with E-state index in [1.165, 1.54) is 24.8 Å². The summed E-state index contributed by atoms with van der Waals surface area (Å²) >= 11 is 5.93. The largest absolute Gasteiger partial charge is 0.330 e. The average molecular weight is 267 g/mol. The number of nitrogens with two attached hydrogens (primary N) is 1. The van der Waals surface area contributed by atoms with E-state index in [2.05, 4.69) is 31.0 Å². The lowest BCUT2D eigenvalue weighted by Gasteiger charge is -2.45. The third-order valence-electron chi connectivity index (χ3n) is 4.45. The first-order valence-electron chi connectivity index (χ1n) is 6.72. The van der Waals surface area contributed by atoms with Gasteiger partial charge in [-0.1, -0.05) is 30.2 Å². The molecule has 0 aromatic heterocycles. The van der Waals surface area contributed by atoms with Crippen LogP contribution in [0.15, 0.2) is 24.3 Å². The lowest BCUT2D eigenvalue weighted by Crippen LogP contribution is -2.46. The Hall–Kier alpha value is -0.570. The summed E-state index contributed by atoms with van der Waals surface area (Å²) in [4.78, 5) is 2.41. The number of rotatable bonds is 5. The van der Waals surface area contributed by atoms with Gasteiger partial charge in [0.05, 0.1) is 0 Å². The van der Waals surface area contributed by atoms with E-state index in [0.717, 1.165) is 18.1 Å². The molecular weight excluding hydrogens is 244 g/mol. The van der Waals surface area contributed by atoms with Crippen molar-refractivity contribution in [3.8, 4) is 0 Å². The predicted octanol–water partition coefficient (Wildman–Crippen LogP) is 3.46. The Morgan fingerprint density at radius 2 is 1.94 bits per heavy atom. The van der Waals surface area contributed by atoms with Crippen LogP contribution in [-0.2, 0) is 0 Å². The van der Waals surface area contributed by atoms with Crippen molar-refractivity contribution in [3.63, 3.8) is 0 Å². The summed E-state index contributed by atoms with van der Waals surface area (Å²) in [5, 5.41) is 0.797. The smallest absolute Gasteiger partial charge is 0.0406 e. The number of nitrogens with zero attached hydrogens (tertiary/aromatic N) is 1. The van der Waals surface area contributed by atoms with Gasteiger partial charge in [-0.3, -0.25) is 4.90 Å². The van der Waals surface area contributed by atoms with Crippen molar-refractivity contribution in [2.75, 3.05) is 20.1 Å². The molecule has 1 aromatic carbocycles. The van der Waals surface area contributed by atoms with Crippen LogP contribution < -0.4 is 5.73 Å². The Balaban J connectivity index is 2.00. The minimum atomic E-state index is 0.370. The molecule has 2 N–H and O–H groups in total. The highest BCUT2D eigenvalue weighted by Gasteiger charge is 2.37. The molecule has 1 aliphatic carbocycles. The first-order chi connectivity index (χ1) is 8.56. The fourth-order valence-corrected chi connectivity index (χ4v) is 2.89. The maximum Gasteiger partial charge on any atom is 0.0406 e. The van der Waals surface area contributed by atoms with Crippen molar-refractivity contribution < 1.29 is 0 Å². The van der Waals surface area contributed by atoms with Crippen molar-refractivity contribution in [2.45, 2.75) is 32.2 Å². The summed E-state index contributed by atoms with van der Waals surface area (Å²) < 4.78 is 0. The third-order valence-corrected chi connectivity index (χ3v) is 4.70. The topological polar surface area (TPSA) is 29.3 Å². The molecule has 0 aliphatic heterocycles. The molecule has 1 fully saturated rings. The second kappa shape index (κ2) is 5.60. The second-order valence-electron chi connectivity index (χ2n) is 5.70. The molecule has 2 nitrogen and oxygen atoms in total. The van der Waals surface area contributed by atoms with Gasteiger partial charge in [0.15, 0.2) is 0 Å². The predicted molar refractivity (Wildman–Crippen MR) is 77.8 cm³/mol. The SMILES string of the molecule is CC(c1ccc(Cl)cc1)N(C)CC1(CN)CCC1. The van der Waals surface area contributed by atoms with Gasteiger partial charge in [0, 0.05) is 17.6 Å². The van der Waals surface area contributed by atoms with E-state index in [0.29, 0.717) is 11.5 Å². The van der Waals surface area contributed by atoms with E-state index in [1.54, 1.807) is 0 Å². The van der Waals surface area contributed by atoms with E-state index in [4.69, 9.17) is 17.3 Å². The molecule has 0 saturated heterocycles. The Bertz CT molecular complexity index is 378. The minimum absolute atomic E-state index is 0.370. The minimum Gasteiger partial charge on any atom is -0.330 e. The van der Waals surface area contributed by atoms with Gasteiger partial charge in [-0.2, -0.15) is 0 Å². The first kappa shape index (κ1) is 13.9. The zero-order chi connectivity index (χ0) is 13.2. The van der Waals surface area contributed by atoms with Gasteiger partial charge < -0.3 is 5.73 Å². The van der Waals surface area contributed by atoms with Crippen LogP contribution in [0, 0.1) is 5.41 Å². The second-order valence-corrected chi connectivity index (χ2v) is 6.14. The zero-order valence-corrected chi connectivity index (χ0v) is 12.1. The van der Waals surface area contributed by atoms with Gasteiger partial charge >= 0.3 is 0 Å². The fourth-order valence-electron chi connectivity index (χ4n) is 2.77. The Morgan fingerprint density at radius 3 is 2.39 bits per heavy atom. The molecule has 1 atom stereocenters. The van der Waals surface area contributed by atoms with Crippen LogP contribution in [0.4, 0.5) is 0 Å². The average Bonchev–Trinajstić information content (AvgIpc) is 2.33. The van der Waals surface area contributed by atoms with Crippen LogP contribution in [0.3, 0.4) is 0 Å². The monoisotopic (exact) mass is 266 g/mol. The summed E-state index contributed by atoms with van der Waals surface area (Å²) in [6.07, 6.45) is 3.89. The summed E-state index contributed by atoms with van der Waals surface area (Å²) in [5.74, 6) is 0. The van der Waals surface area contributed by atoms with Gasteiger partial charge in [0.2, 0.25) is 0 Å². The summed E-state index contributed by atoms with van der Waals surface area (Å²) in [6, 6.07) is 8.55. The van der Waals surface area contributed by atoms with E-state index in [9.17, 15) is 0 Å². The molecule has 0 radical (unpaired) electrons. The van der Waals surface area contributed by atoms with Crippen molar-refractivity contribution in [2.24, 2.45) is 11.1 Å². The van der Waals surface area contributed by atoms with Crippen LogP contribution in [0.5, 0.6) is 0 Å². The van der Waals surface area contributed by atoms with Gasteiger partial charge in [-0.25, -0.2) is 0 Å². The molecule has 1 aromatic rings. The van der Waals surface area contributed by atoms with E-state index in [1.807, 2.05) is 12.1 Å². The van der Waals surface area contributed by atoms with Crippen LogP contribution in [0.2, 0.25) is 5.02 Å². The van der Waals surface area contributed by atoms with Gasteiger partial charge in [0.25, 0.3) is 0 Å². The van der Waals surface area contributed by atoms with Crippen LogP contribution in [-0.4, -0.2) is 25.0 Å². The zero-order valence-electron chi connectivity index (χ0n) is 11.3. The Labute approximate surface area is 115 Å². The van der Waals surface area contributed by atoms with Crippen LogP contribution >= 0.6 is 11.6 Å². The van der Waals surface area contributed by atoms with E-state index >= 15 is 0 Å². The van der Waals surface area contributed by atoms with Gasteiger partial charge in [-0.05, 0) is 56.5 Å². The summed E-state index contributed by atoms with van der Waals surface area (Å²) in [7, 11) is 2.19. The number of halogens is 1. The molecule has 18 heavy (non-hydrogen) atoms. The number of hydrogen-bond donors (Lipinski definition) is 1. The maximum atomic E-state index is 5.93. The van der Waals surface area contributed by atoms with Crippen molar-refractivity contribution in [3.05, 3.63) is 34.9 Å². The Kier molecular flexibility index (Phi) is 4.31. The van der Waals surface area contributed by atoms with Crippen molar-refractivity contribution in [1.82, 2.24) is 4.90 Å². The highest BCUT2D eigenvalue weighted by atomic mass is 35.5. The van der Waals surface area contributed by atoms with E-state index in [-0.39, 0.29) is 0 Å². The lowest BCUT2D eigenvalue weighted by atomic mass is 9.68. The fraction of sp³-hybridized carbons (Fsp3) is 0.600. The van der Waals surface area contributed by atoms with Crippen LogP contribution in [0.25, 0.3) is 0 Å². The molecule has 2 rings (SSSR count). The van der Waals surface area contributed by atoms with Crippen LogP contribution in [0.1, 0.15) is 37.8 Å². The molecule has 0 amide bonds. The quantitative estimate of drug-likeness (QED) is 0.884. The molecule has 0 heterocycles. The molecular formula is C15H23ClN2. The highest BCUT2D eigenvalue weighted by molar-refractivity contribution is 6.30. The molecule has 1 aliphatic rings. The third kappa shape index (κ3) is 2.87. The summed E-state index contributed by atoms with van der Waals surface area (Å²) in [6.45, 7) is 4.14. The molecule has 1 unspecified atom stereocenters. The molecule has 1 saturated carbocycles. The molecule has 100 valence electrons. The molecule has 0 spiro atoms. The van der Waals surface area contributed by atoms with Gasteiger partial charge in [-0.15, -0.1) is 0 Å². The normalized spacial score (nSPS) is 19.6. The maximum absolute atomic E-state index is 5.93. The first-order valence-corrected chi connectivity index (χ1v) is 7.10.